The molecule has 3 heteroatoms. The Kier molecular flexibility index (Phi) is 3.77. The van der Waals surface area contributed by atoms with Gasteiger partial charge in [-0.15, -0.1) is 0 Å². The number of phenols is 1. The first-order valence-electron chi connectivity index (χ1n) is 10.1. The van der Waals surface area contributed by atoms with Crippen molar-refractivity contribution in [1.29, 1.82) is 0 Å². The molecule has 2 bridgehead atoms. The standard InChI is InChI=1S/C25H24O3/c1-3-15-10-7-11-18-19(15)23(28-24(27)16-8-5-4-6-9-16)20-17-12-13-25(2,14-17)21(20)22(18)26/h4-11,17,26H,3,12-14H2,1-2H3. The van der Waals surface area contributed by atoms with Gasteiger partial charge in [0, 0.05) is 21.9 Å². The van der Waals surface area contributed by atoms with E-state index in [2.05, 4.69) is 19.9 Å². The second-order valence-corrected chi connectivity index (χ2v) is 8.42. The highest BCUT2D eigenvalue weighted by molar-refractivity contribution is 6.02. The number of hydrogen-bond donors (Lipinski definition) is 1. The molecule has 0 saturated heterocycles. The van der Waals surface area contributed by atoms with E-state index in [0.717, 1.165) is 53.1 Å². The molecule has 2 aliphatic rings. The molecule has 1 saturated carbocycles. The first-order valence-corrected chi connectivity index (χ1v) is 10.1. The third-order valence-corrected chi connectivity index (χ3v) is 6.72. The number of aromatic hydroxyl groups is 1. The lowest BCUT2D eigenvalue weighted by molar-refractivity contribution is 0.0735. The van der Waals surface area contributed by atoms with E-state index < -0.39 is 0 Å². The molecule has 142 valence electrons. The molecule has 1 fully saturated rings. The van der Waals surface area contributed by atoms with E-state index in [-0.39, 0.29) is 11.4 Å². The van der Waals surface area contributed by atoms with Gasteiger partial charge in [0.15, 0.2) is 0 Å². The van der Waals surface area contributed by atoms with Crippen LogP contribution in [0.15, 0.2) is 48.5 Å². The van der Waals surface area contributed by atoms with Crippen molar-refractivity contribution in [2.75, 3.05) is 0 Å². The van der Waals surface area contributed by atoms with Gasteiger partial charge >= 0.3 is 5.97 Å². The molecule has 28 heavy (non-hydrogen) atoms. The summed E-state index contributed by atoms with van der Waals surface area (Å²) in [5.41, 5.74) is 3.67. The Morgan fingerprint density at radius 3 is 2.71 bits per heavy atom. The zero-order valence-corrected chi connectivity index (χ0v) is 16.3. The van der Waals surface area contributed by atoms with Crippen molar-refractivity contribution in [1.82, 2.24) is 0 Å². The monoisotopic (exact) mass is 372 g/mol. The predicted molar refractivity (Wildman–Crippen MR) is 110 cm³/mol. The fourth-order valence-electron chi connectivity index (χ4n) is 5.42. The molecular weight excluding hydrogens is 348 g/mol. The molecule has 3 aromatic carbocycles. The van der Waals surface area contributed by atoms with Crippen LogP contribution >= 0.6 is 0 Å². The molecular formula is C25H24O3. The topological polar surface area (TPSA) is 46.5 Å². The molecule has 3 aromatic rings. The van der Waals surface area contributed by atoms with E-state index in [9.17, 15) is 9.90 Å². The molecule has 2 atom stereocenters. The molecule has 0 amide bonds. The van der Waals surface area contributed by atoms with Crippen LogP contribution in [0.4, 0.5) is 0 Å². The number of carbonyl (C=O) groups excluding carboxylic acids is 1. The van der Waals surface area contributed by atoms with Gasteiger partial charge in [0.05, 0.1) is 5.56 Å². The average molecular weight is 372 g/mol. The fourth-order valence-corrected chi connectivity index (χ4v) is 5.42. The normalized spacial score (nSPS) is 22.4. The predicted octanol–water partition coefficient (Wildman–Crippen LogP) is 5.87. The highest BCUT2D eigenvalue weighted by atomic mass is 16.5. The summed E-state index contributed by atoms with van der Waals surface area (Å²) in [6, 6.07) is 15.1. The maximum Gasteiger partial charge on any atom is 0.343 e. The minimum Gasteiger partial charge on any atom is -0.507 e. The Morgan fingerprint density at radius 2 is 1.96 bits per heavy atom. The van der Waals surface area contributed by atoms with Crippen molar-refractivity contribution in [3.05, 3.63) is 70.8 Å². The largest absolute Gasteiger partial charge is 0.507 e. The maximum atomic E-state index is 12.9. The molecule has 0 aliphatic heterocycles. The SMILES string of the molecule is CCc1cccc2c(O)c3c(c(OC(=O)c4ccccc4)c12)C1CCC3(C)C1. The number of aryl methyl sites for hydroxylation is 1. The van der Waals surface area contributed by atoms with E-state index in [0.29, 0.717) is 23.0 Å². The smallest absolute Gasteiger partial charge is 0.343 e. The van der Waals surface area contributed by atoms with Gasteiger partial charge in [0.25, 0.3) is 0 Å². The Bertz CT molecular complexity index is 1100. The van der Waals surface area contributed by atoms with E-state index in [1.54, 1.807) is 12.1 Å². The number of benzene rings is 3. The summed E-state index contributed by atoms with van der Waals surface area (Å²) in [4.78, 5) is 12.9. The number of esters is 1. The van der Waals surface area contributed by atoms with Crippen LogP contribution < -0.4 is 4.74 Å². The minimum absolute atomic E-state index is 0.0333. The summed E-state index contributed by atoms with van der Waals surface area (Å²) >= 11 is 0. The lowest BCUT2D eigenvalue weighted by Crippen LogP contribution is -2.18. The van der Waals surface area contributed by atoms with Gasteiger partial charge in [0.2, 0.25) is 0 Å². The van der Waals surface area contributed by atoms with Crippen molar-refractivity contribution in [2.45, 2.75) is 50.9 Å². The van der Waals surface area contributed by atoms with E-state index in [1.165, 1.54) is 0 Å². The first kappa shape index (κ1) is 17.3. The Labute approximate surface area is 165 Å². The Morgan fingerprint density at radius 1 is 1.18 bits per heavy atom. The Hall–Kier alpha value is -2.81. The van der Waals surface area contributed by atoms with Gasteiger partial charge in [-0.3, -0.25) is 0 Å². The van der Waals surface area contributed by atoms with Gasteiger partial charge in [0.1, 0.15) is 11.5 Å². The summed E-state index contributed by atoms with van der Waals surface area (Å²) in [6.07, 6.45) is 3.98. The average Bonchev–Trinajstić information content (AvgIpc) is 3.25. The number of ether oxygens (including phenoxy) is 1. The van der Waals surface area contributed by atoms with Crippen molar-refractivity contribution in [3.63, 3.8) is 0 Å². The lowest BCUT2D eigenvalue weighted by Gasteiger charge is -2.28. The fraction of sp³-hybridized carbons (Fsp3) is 0.320. The minimum atomic E-state index is -0.339. The van der Waals surface area contributed by atoms with Gasteiger partial charge < -0.3 is 9.84 Å². The molecule has 2 unspecified atom stereocenters. The van der Waals surface area contributed by atoms with Crippen molar-refractivity contribution >= 4 is 16.7 Å². The quantitative estimate of drug-likeness (QED) is 0.462. The van der Waals surface area contributed by atoms with Crippen LogP contribution in [0.25, 0.3) is 10.8 Å². The second-order valence-electron chi connectivity index (χ2n) is 8.42. The third-order valence-electron chi connectivity index (χ3n) is 6.72. The highest BCUT2D eigenvalue weighted by Gasteiger charge is 2.50. The lowest BCUT2D eigenvalue weighted by atomic mass is 9.78. The van der Waals surface area contributed by atoms with Crippen LogP contribution in [-0.4, -0.2) is 11.1 Å². The van der Waals surface area contributed by atoms with Gasteiger partial charge in [-0.25, -0.2) is 4.79 Å². The summed E-state index contributed by atoms with van der Waals surface area (Å²) in [7, 11) is 0. The number of rotatable bonds is 3. The summed E-state index contributed by atoms with van der Waals surface area (Å²) in [5, 5.41) is 12.9. The maximum absolute atomic E-state index is 12.9. The molecule has 3 nitrogen and oxygen atoms in total. The molecule has 0 aromatic heterocycles. The molecule has 5 rings (SSSR count). The highest BCUT2D eigenvalue weighted by Crippen LogP contribution is 2.64. The van der Waals surface area contributed by atoms with E-state index in [1.807, 2.05) is 30.3 Å². The summed E-state index contributed by atoms with van der Waals surface area (Å²) in [5.74, 6) is 1.06. The van der Waals surface area contributed by atoms with Crippen LogP contribution in [-0.2, 0) is 11.8 Å². The van der Waals surface area contributed by atoms with Gasteiger partial charge in [-0.05, 0) is 54.7 Å². The number of carbonyl (C=O) groups is 1. The molecule has 1 N–H and O–H groups in total. The van der Waals surface area contributed by atoms with Crippen molar-refractivity contribution < 1.29 is 14.6 Å². The zero-order valence-electron chi connectivity index (χ0n) is 16.3. The van der Waals surface area contributed by atoms with Crippen LogP contribution in [0.1, 0.15) is 66.1 Å². The molecule has 0 spiro atoms. The second kappa shape index (κ2) is 6.10. The van der Waals surface area contributed by atoms with Crippen LogP contribution in [0, 0.1) is 0 Å². The van der Waals surface area contributed by atoms with Gasteiger partial charge in [-0.2, -0.15) is 0 Å². The van der Waals surface area contributed by atoms with Crippen LogP contribution in [0.3, 0.4) is 0 Å². The van der Waals surface area contributed by atoms with Crippen molar-refractivity contribution in [2.24, 2.45) is 0 Å². The van der Waals surface area contributed by atoms with Crippen LogP contribution in [0.5, 0.6) is 11.5 Å². The van der Waals surface area contributed by atoms with Gasteiger partial charge in [-0.1, -0.05) is 50.2 Å². The number of hydrogen-bond acceptors (Lipinski definition) is 3. The number of fused-ring (bicyclic) bond motifs is 6. The molecule has 2 aliphatic carbocycles. The van der Waals surface area contributed by atoms with Crippen molar-refractivity contribution in [3.8, 4) is 11.5 Å². The Balaban J connectivity index is 1.79. The molecule has 0 heterocycles. The third kappa shape index (κ3) is 2.32. The zero-order chi connectivity index (χ0) is 19.5. The first-order chi connectivity index (χ1) is 13.5. The van der Waals surface area contributed by atoms with Crippen LogP contribution in [0.2, 0.25) is 0 Å². The van der Waals surface area contributed by atoms with E-state index >= 15 is 0 Å². The molecule has 0 radical (unpaired) electrons. The number of phenolic OH excluding ortho intramolecular Hbond substituents is 1. The summed E-state index contributed by atoms with van der Waals surface area (Å²) < 4.78 is 6.10. The summed E-state index contributed by atoms with van der Waals surface area (Å²) in [6.45, 7) is 4.33. The van der Waals surface area contributed by atoms with E-state index in [4.69, 9.17) is 4.74 Å².